The van der Waals surface area contributed by atoms with Crippen molar-refractivity contribution < 1.29 is 8.83 Å². The van der Waals surface area contributed by atoms with Gasteiger partial charge in [-0.15, -0.1) is 0 Å². The van der Waals surface area contributed by atoms with Crippen molar-refractivity contribution in [2.24, 2.45) is 4.99 Å². The molecular formula is C16H11ClN2O2. The molecule has 4 nitrogen and oxygen atoms in total. The predicted molar refractivity (Wildman–Crippen MR) is 82.1 cm³/mol. The van der Waals surface area contributed by atoms with Crippen LogP contribution in [0, 0.1) is 0 Å². The predicted octanol–water partition coefficient (Wildman–Crippen LogP) is 4.31. The summed E-state index contributed by atoms with van der Waals surface area (Å²) in [5, 5.41) is 4.39. The van der Waals surface area contributed by atoms with Gasteiger partial charge in [0.05, 0.1) is 12.0 Å². The lowest BCUT2D eigenvalue weighted by Gasteiger charge is -2.16. The van der Waals surface area contributed by atoms with E-state index in [4.69, 9.17) is 20.4 Å². The maximum atomic E-state index is 6.09. The number of hydrogen-bond donors (Lipinski definition) is 1. The molecule has 1 aromatic carbocycles. The number of nitrogens with zero attached hydrogens (tertiary/aromatic N) is 1. The third-order valence-corrected chi connectivity index (χ3v) is 3.53. The highest BCUT2D eigenvalue weighted by Crippen LogP contribution is 2.30. The molecule has 0 radical (unpaired) electrons. The van der Waals surface area contributed by atoms with Crippen molar-refractivity contribution in [1.29, 1.82) is 0 Å². The summed E-state index contributed by atoms with van der Waals surface area (Å²) in [5.74, 6) is 1.46. The van der Waals surface area contributed by atoms with E-state index in [-0.39, 0.29) is 6.04 Å². The number of aliphatic imine (C=N–C) groups is 1. The summed E-state index contributed by atoms with van der Waals surface area (Å²) in [5.41, 5.74) is 1.62. The average Bonchev–Trinajstić information content (AvgIpc) is 3.16. The van der Waals surface area contributed by atoms with Gasteiger partial charge in [-0.3, -0.25) is 0 Å². The zero-order valence-corrected chi connectivity index (χ0v) is 11.7. The average molecular weight is 299 g/mol. The van der Waals surface area contributed by atoms with Crippen LogP contribution in [0.2, 0.25) is 0 Å². The van der Waals surface area contributed by atoms with Crippen LogP contribution in [0.1, 0.15) is 17.6 Å². The number of amidine groups is 1. The van der Waals surface area contributed by atoms with Crippen molar-refractivity contribution in [3.63, 3.8) is 0 Å². The quantitative estimate of drug-likeness (QED) is 0.717. The van der Waals surface area contributed by atoms with Crippen molar-refractivity contribution in [1.82, 2.24) is 5.32 Å². The molecule has 3 heterocycles. The van der Waals surface area contributed by atoms with Gasteiger partial charge in [0, 0.05) is 5.39 Å². The summed E-state index contributed by atoms with van der Waals surface area (Å²) in [6.45, 7) is 0. The number of halogens is 1. The Morgan fingerprint density at radius 1 is 1.14 bits per heavy atom. The van der Waals surface area contributed by atoms with E-state index in [1.807, 2.05) is 48.5 Å². The minimum absolute atomic E-state index is 0.253. The lowest BCUT2D eigenvalue weighted by atomic mass is 10.1. The first-order valence-corrected chi connectivity index (χ1v) is 6.92. The molecule has 3 aromatic rings. The van der Waals surface area contributed by atoms with E-state index in [0.717, 1.165) is 28.2 Å². The molecule has 0 amide bonds. The van der Waals surface area contributed by atoms with Crippen LogP contribution in [0.3, 0.4) is 0 Å². The molecule has 1 unspecified atom stereocenters. The second kappa shape index (κ2) is 4.82. The Morgan fingerprint density at radius 3 is 2.86 bits per heavy atom. The fourth-order valence-corrected chi connectivity index (χ4v) is 2.57. The molecule has 0 bridgehead atoms. The van der Waals surface area contributed by atoms with Crippen molar-refractivity contribution in [2.45, 2.75) is 6.04 Å². The Kier molecular flexibility index (Phi) is 2.82. The highest BCUT2D eigenvalue weighted by molar-refractivity contribution is 6.65. The zero-order chi connectivity index (χ0) is 14.2. The van der Waals surface area contributed by atoms with Crippen LogP contribution >= 0.6 is 11.6 Å². The Morgan fingerprint density at radius 2 is 2.05 bits per heavy atom. The van der Waals surface area contributed by atoms with Crippen LogP contribution in [-0.4, -0.2) is 5.29 Å². The molecule has 1 aliphatic rings. The van der Waals surface area contributed by atoms with Gasteiger partial charge in [0.2, 0.25) is 0 Å². The number of furan rings is 2. The van der Waals surface area contributed by atoms with Crippen LogP contribution in [0.15, 0.2) is 68.6 Å². The van der Waals surface area contributed by atoms with Gasteiger partial charge in [-0.2, -0.15) is 0 Å². The fraction of sp³-hybridized carbons (Fsp3) is 0.0625. The Labute approximate surface area is 125 Å². The maximum absolute atomic E-state index is 6.09. The first-order chi connectivity index (χ1) is 10.3. The van der Waals surface area contributed by atoms with E-state index < -0.39 is 0 Å². The van der Waals surface area contributed by atoms with Gasteiger partial charge in [-0.05, 0) is 41.9 Å². The molecule has 0 aliphatic carbocycles. The van der Waals surface area contributed by atoms with Crippen molar-refractivity contribution in [2.75, 3.05) is 0 Å². The number of benzene rings is 1. The topological polar surface area (TPSA) is 50.7 Å². The van der Waals surface area contributed by atoms with Crippen LogP contribution < -0.4 is 5.32 Å². The van der Waals surface area contributed by atoms with Gasteiger partial charge in [-0.25, -0.2) is 4.99 Å². The van der Waals surface area contributed by atoms with E-state index in [2.05, 4.69) is 10.3 Å². The molecule has 21 heavy (non-hydrogen) atoms. The number of hydrogen-bond acceptors (Lipinski definition) is 4. The number of fused-ring (bicyclic) bond motifs is 1. The van der Waals surface area contributed by atoms with Crippen LogP contribution in [-0.2, 0) is 0 Å². The van der Waals surface area contributed by atoms with Gasteiger partial charge in [0.1, 0.15) is 17.4 Å². The summed E-state index contributed by atoms with van der Waals surface area (Å²) in [7, 11) is 0. The second-order valence-corrected chi connectivity index (χ2v) is 5.09. The van der Waals surface area contributed by atoms with Crippen LogP contribution in [0.25, 0.3) is 16.7 Å². The largest absolute Gasteiger partial charge is 0.467 e. The third-order valence-electron chi connectivity index (χ3n) is 3.34. The Bertz CT molecular complexity index is 813. The molecule has 5 heteroatoms. The molecule has 4 rings (SSSR count). The van der Waals surface area contributed by atoms with Gasteiger partial charge in [0.25, 0.3) is 0 Å². The lowest BCUT2D eigenvalue weighted by molar-refractivity contribution is 0.493. The first-order valence-electron chi connectivity index (χ1n) is 6.54. The molecule has 1 N–H and O–H groups in total. The Hall–Kier alpha value is -2.46. The van der Waals surface area contributed by atoms with E-state index in [0.29, 0.717) is 5.29 Å². The third kappa shape index (κ3) is 2.23. The van der Waals surface area contributed by atoms with Gasteiger partial charge < -0.3 is 14.2 Å². The highest BCUT2D eigenvalue weighted by Gasteiger charge is 2.20. The van der Waals surface area contributed by atoms with E-state index in [1.165, 1.54) is 0 Å². The summed E-state index contributed by atoms with van der Waals surface area (Å²) >= 11 is 6.09. The van der Waals surface area contributed by atoms with Crippen molar-refractivity contribution in [3.8, 4) is 0 Å². The molecule has 104 valence electrons. The van der Waals surface area contributed by atoms with E-state index >= 15 is 0 Å². The van der Waals surface area contributed by atoms with E-state index in [9.17, 15) is 0 Å². The minimum Gasteiger partial charge on any atom is -0.467 e. The van der Waals surface area contributed by atoms with Crippen molar-refractivity contribution >= 4 is 33.6 Å². The SMILES string of the molecule is ClC1=NC(c2ccco2)C=C(c2cc3ccccc3o2)N1. The molecule has 0 fully saturated rings. The fourth-order valence-electron chi connectivity index (χ4n) is 2.37. The zero-order valence-electron chi connectivity index (χ0n) is 10.9. The molecule has 0 spiro atoms. The normalized spacial score (nSPS) is 18.2. The summed E-state index contributed by atoms with van der Waals surface area (Å²) < 4.78 is 11.2. The summed E-state index contributed by atoms with van der Waals surface area (Å²) in [6, 6.07) is 13.3. The number of nitrogens with one attached hydrogen (secondary N) is 1. The molecule has 1 atom stereocenters. The Balaban J connectivity index is 1.76. The van der Waals surface area contributed by atoms with Crippen LogP contribution in [0.5, 0.6) is 0 Å². The first kappa shape index (κ1) is 12.3. The maximum Gasteiger partial charge on any atom is 0.196 e. The summed E-state index contributed by atoms with van der Waals surface area (Å²) in [6.07, 6.45) is 3.55. The van der Waals surface area contributed by atoms with Gasteiger partial charge in [-0.1, -0.05) is 18.2 Å². The smallest absolute Gasteiger partial charge is 0.196 e. The second-order valence-electron chi connectivity index (χ2n) is 4.73. The highest BCUT2D eigenvalue weighted by atomic mass is 35.5. The summed E-state index contributed by atoms with van der Waals surface area (Å²) in [4.78, 5) is 4.31. The van der Waals surface area contributed by atoms with Gasteiger partial charge in [0.15, 0.2) is 11.1 Å². The molecular weight excluding hydrogens is 288 g/mol. The molecule has 2 aromatic heterocycles. The number of para-hydroxylation sites is 1. The molecule has 0 saturated carbocycles. The molecule has 1 aliphatic heterocycles. The minimum atomic E-state index is -0.253. The number of rotatable bonds is 2. The molecule has 0 saturated heterocycles. The lowest BCUT2D eigenvalue weighted by Crippen LogP contribution is -2.21. The van der Waals surface area contributed by atoms with Crippen molar-refractivity contribution in [3.05, 3.63) is 66.3 Å². The van der Waals surface area contributed by atoms with Gasteiger partial charge >= 0.3 is 0 Å². The standard InChI is InChI=1S/C16H11ClN2O2/c17-16-18-11(14-6-3-7-20-14)9-12(19-16)15-8-10-4-1-2-5-13(10)21-15/h1-9,11H,(H,18,19). The monoisotopic (exact) mass is 298 g/mol. The van der Waals surface area contributed by atoms with Crippen LogP contribution in [0.4, 0.5) is 0 Å². The van der Waals surface area contributed by atoms with E-state index in [1.54, 1.807) is 6.26 Å².